The Labute approximate surface area is 115 Å². The number of fused-ring (bicyclic) bond motifs is 1. The number of nitriles is 1. The van der Waals surface area contributed by atoms with E-state index >= 15 is 0 Å². The molecule has 1 aromatic carbocycles. The van der Waals surface area contributed by atoms with Crippen LogP contribution in [-0.4, -0.2) is 6.10 Å². The summed E-state index contributed by atoms with van der Waals surface area (Å²) in [6.45, 7) is 2.24. The van der Waals surface area contributed by atoms with Crippen molar-refractivity contribution in [1.82, 2.24) is 0 Å². The number of rotatable bonds is 3. The van der Waals surface area contributed by atoms with Crippen molar-refractivity contribution in [2.24, 2.45) is 11.3 Å². The Hall–Kier alpha value is -1.49. The van der Waals surface area contributed by atoms with Crippen LogP contribution in [0.2, 0.25) is 0 Å². The largest absolute Gasteiger partial charge is 0.490 e. The maximum absolute atomic E-state index is 9.60. The van der Waals surface area contributed by atoms with Crippen LogP contribution in [0.3, 0.4) is 0 Å². The molecule has 2 aliphatic rings. The summed E-state index contributed by atoms with van der Waals surface area (Å²) in [5.74, 6) is 1.76. The van der Waals surface area contributed by atoms with Crippen LogP contribution in [0, 0.1) is 22.7 Å². The van der Waals surface area contributed by atoms with Gasteiger partial charge in [-0.3, -0.25) is 0 Å². The van der Waals surface area contributed by atoms with Gasteiger partial charge in [0.1, 0.15) is 11.9 Å². The zero-order valence-corrected chi connectivity index (χ0v) is 11.6. The van der Waals surface area contributed by atoms with E-state index in [1.807, 2.05) is 12.1 Å². The molecule has 1 saturated carbocycles. The second-order valence-corrected chi connectivity index (χ2v) is 6.17. The lowest BCUT2D eigenvalue weighted by Gasteiger charge is -2.24. The van der Waals surface area contributed by atoms with Crippen LogP contribution in [0.25, 0.3) is 0 Å². The molecule has 2 heteroatoms. The van der Waals surface area contributed by atoms with Crippen molar-refractivity contribution in [2.75, 3.05) is 0 Å². The first-order chi connectivity index (χ1) is 9.24. The predicted molar refractivity (Wildman–Crippen MR) is 74.9 cm³/mol. The number of hydrogen-bond donors (Lipinski definition) is 0. The average molecular weight is 255 g/mol. The van der Waals surface area contributed by atoms with Crippen LogP contribution in [0.5, 0.6) is 5.75 Å². The number of nitrogens with zero attached hydrogens (tertiary/aromatic N) is 1. The van der Waals surface area contributed by atoms with Gasteiger partial charge in [0.2, 0.25) is 0 Å². The van der Waals surface area contributed by atoms with Crippen LogP contribution < -0.4 is 4.74 Å². The molecule has 1 heterocycles. The molecule has 0 spiro atoms. The summed E-state index contributed by atoms with van der Waals surface area (Å²) in [5.41, 5.74) is 1.17. The molecule has 100 valence electrons. The molecule has 1 aliphatic carbocycles. The molecule has 3 atom stereocenters. The van der Waals surface area contributed by atoms with Crippen molar-refractivity contribution in [1.29, 1.82) is 5.26 Å². The van der Waals surface area contributed by atoms with E-state index in [9.17, 15) is 5.26 Å². The summed E-state index contributed by atoms with van der Waals surface area (Å²) in [5, 5.41) is 9.60. The molecule has 3 unspecified atom stereocenters. The molecule has 0 saturated heterocycles. The Kier molecular flexibility index (Phi) is 3.22. The predicted octanol–water partition coefficient (Wildman–Crippen LogP) is 4.10. The first kappa shape index (κ1) is 12.5. The van der Waals surface area contributed by atoms with E-state index in [1.54, 1.807) is 0 Å². The maximum atomic E-state index is 9.60. The van der Waals surface area contributed by atoms with E-state index < -0.39 is 0 Å². The van der Waals surface area contributed by atoms with Gasteiger partial charge in [-0.2, -0.15) is 5.26 Å². The Bertz CT molecular complexity index is 479. The molecule has 19 heavy (non-hydrogen) atoms. The van der Waals surface area contributed by atoms with Crippen molar-refractivity contribution in [3.8, 4) is 11.8 Å². The van der Waals surface area contributed by atoms with Gasteiger partial charge in [0.05, 0.1) is 11.5 Å². The molecular formula is C17H21NO. The molecule has 1 fully saturated rings. The number of benzene rings is 1. The van der Waals surface area contributed by atoms with Gasteiger partial charge < -0.3 is 4.74 Å². The van der Waals surface area contributed by atoms with Gasteiger partial charge in [0.15, 0.2) is 0 Å². The Morgan fingerprint density at radius 2 is 2.26 bits per heavy atom. The highest BCUT2D eigenvalue weighted by atomic mass is 16.5. The molecule has 0 aromatic heterocycles. The molecule has 3 rings (SSSR count). The second kappa shape index (κ2) is 4.89. The third kappa shape index (κ3) is 2.34. The molecule has 1 aliphatic heterocycles. The smallest absolute Gasteiger partial charge is 0.123 e. The average Bonchev–Trinajstić information content (AvgIpc) is 3.02. The summed E-state index contributed by atoms with van der Waals surface area (Å²) in [7, 11) is 0. The lowest BCUT2D eigenvalue weighted by Crippen LogP contribution is -2.25. The fourth-order valence-corrected chi connectivity index (χ4v) is 3.72. The minimum absolute atomic E-state index is 0.132. The van der Waals surface area contributed by atoms with E-state index in [0.29, 0.717) is 0 Å². The van der Waals surface area contributed by atoms with Crippen molar-refractivity contribution in [3.63, 3.8) is 0 Å². The van der Waals surface area contributed by atoms with Gasteiger partial charge in [0.25, 0.3) is 0 Å². The van der Waals surface area contributed by atoms with Gasteiger partial charge in [-0.05, 0) is 36.8 Å². The topological polar surface area (TPSA) is 33.0 Å². The third-order valence-electron chi connectivity index (χ3n) is 4.86. The lowest BCUT2D eigenvalue weighted by molar-refractivity contribution is 0.166. The summed E-state index contributed by atoms with van der Waals surface area (Å²) in [4.78, 5) is 0. The van der Waals surface area contributed by atoms with Gasteiger partial charge in [-0.1, -0.05) is 31.5 Å². The lowest BCUT2D eigenvalue weighted by atomic mass is 9.80. The molecule has 0 radical (unpaired) electrons. The minimum atomic E-state index is -0.132. The highest BCUT2D eigenvalue weighted by molar-refractivity contribution is 5.37. The van der Waals surface area contributed by atoms with Gasteiger partial charge in [0, 0.05) is 12.8 Å². The SMILES string of the molecule is CCC1CCC(C#N)(CC2Cc3ccccc3O2)C1. The Morgan fingerprint density at radius 3 is 2.95 bits per heavy atom. The summed E-state index contributed by atoms with van der Waals surface area (Å²) >= 11 is 0. The third-order valence-corrected chi connectivity index (χ3v) is 4.86. The van der Waals surface area contributed by atoms with E-state index in [1.165, 1.54) is 18.4 Å². The molecular weight excluding hydrogens is 234 g/mol. The van der Waals surface area contributed by atoms with E-state index in [2.05, 4.69) is 25.1 Å². The van der Waals surface area contributed by atoms with Gasteiger partial charge in [-0.25, -0.2) is 0 Å². The first-order valence-electron chi connectivity index (χ1n) is 7.40. The van der Waals surface area contributed by atoms with E-state index in [-0.39, 0.29) is 11.5 Å². The standard InChI is InChI=1S/C17H21NO/c1-2-13-7-8-17(10-13,12-18)11-15-9-14-5-3-4-6-16(14)19-15/h3-6,13,15H,2,7-11H2,1H3. The van der Waals surface area contributed by atoms with E-state index in [4.69, 9.17) is 4.74 Å². The van der Waals surface area contributed by atoms with Crippen molar-refractivity contribution in [2.45, 2.75) is 51.6 Å². The summed E-state index contributed by atoms with van der Waals surface area (Å²) < 4.78 is 6.01. The molecule has 0 amide bonds. The van der Waals surface area contributed by atoms with Gasteiger partial charge >= 0.3 is 0 Å². The molecule has 1 aromatic rings. The quantitative estimate of drug-likeness (QED) is 0.814. The van der Waals surface area contributed by atoms with Crippen LogP contribution in [-0.2, 0) is 6.42 Å². The van der Waals surface area contributed by atoms with Crippen LogP contribution in [0.4, 0.5) is 0 Å². The van der Waals surface area contributed by atoms with Gasteiger partial charge in [-0.15, -0.1) is 0 Å². The highest BCUT2D eigenvalue weighted by Gasteiger charge is 2.42. The molecule has 2 nitrogen and oxygen atoms in total. The fraction of sp³-hybridized carbons (Fsp3) is 0.588. The maximum Gasteiger partial charge on any atom is 0.123 e. The van der Waals surface area contributed by atoms with Crippen LogP contribution in [0.1, 0.15) is 44.6 Å². The monoisotopic (exact) mass is 255 g/mol. The van der Waals surface area contributed by atoms with Crippen molar-refractivity contribution < 1.29 is 4.74 Å². The Morgan fingerprint density at radius 1 is 1.42 bits per heavy atom. The highest BCUT2D eigenvalue weighted by Crippen LogP contribution is 2.47. The summed E-state index contributed by atoms with van der Waals surface area (Å²) in [6.07, 6.45) is 6.60. The minimum Gasteiger partial charge on any atom is -0.490 e. The normalized spacial score (nSPS) is 32.6. The summed E-state index contributed by atoms with van der Waals surface area (Å²) in [6, 6.07) is 10.9. The second-order valence-electron chi connectivity index (χ2n) is 6.17. The Balaban J connectivity index is 1.68. The number of ether oxygens (including phenoxy) is 1. The van der Waals surface area contributed by atoms with Crippen LogP contribution in [0.15, 0.2) is 24.3 Å². The number of para-hydroxylation sites is 1. The fourth-order valence-electron chi connectivity index (χ4n) is 3.72. The zero-order valence-electron chi connectivity index (χ0n) is 11.6. The van der Waals surface area contributed by atoms with Crippen molar-refractivity contribution >= 4 is 0 Å². The van der Waals surface area contributed by atoms with E-state index in [0.717, 1.165) is 37.4 Å². The first-order valence-corrected chi connectivity index (χ1v) is 7.40. The molecule has 0 N–H and O–H groups in total. The zero-order chi connectivity index (χ0) is 13.3. The number of hydrogen-bond acceptors (Lipinski definition) is 2. The van der Waals surface area contributed by atoms with Crippen LogP contribution >= 0.6 is 0 Å². The van der Waals surface area contributed by atoms with Crippen molar-refractivity contribution in [3.05, 3.63) is 29.8 Å². The molecule has 0 bridgehead atoms.